The van der Waals surface area contributed by atoms with E-state index in [4.69, 9.17) is 35.3 Å². The molecule has 1 aliphatic heterocycles. The van der Waals surface area contributed by atoms with Crippen molar-refractivity contribution in [3.8, 4) is 5.75 Å². The van der Waals surface area contributed by atoms with Crippen LogP contribution in [0.1, 0.15) is 25.3 Å². The highest BCUT2D eigenvalue weighted by atomic mass is 35.5. The van der Waals surface area contributed by atoms with Crippen LogP contribution in [0.3, 0.4) is 0 Å². The highest BCUT2D eigenvalue weighted by Gasteiger charge is 2.36. The standard InChI is InChI=1S/C21H23ClO7/c1-12(14-4-5-16-9-17(25-3)7-6-15(16)8-14)20(23)28-18-10-26-11-19(18)29-21(24)27-13(2)22/h4-9,12-13,18-19H,10-11H2,1-3H3. The Balaban J connectivity index is 1.65. The summed E-state index contributed by atoms with van der Waals surface area (Å²) in [6.45, 7) is 3.52. The van der Waals surface area contributed by atoms with Gasteiger partial charge in [0.1, 0.15) is 5.75 Å². The maximum Gasteiger partial charge on any atom is 0.510 e. The maximum absolute atomic E-state index is 12.7. The maximum atomic E-state index is 12.7. The lowest BCUT2D eigenvalue weighted by Gasteiger charge is -2.21. The molecule has 0 radical (unpaired) electrons. The zero-order valence-electron chi connectivity index (χ0n) is 16.4. The number of ether oxygens (including phenoxy) is 5. The Labute approximate surface area is 173 Å². The zero-order chi connectivity index (χ0) is 21.0. The topological polar surface area (TPSA) is 80.3 Å². The predicted molar refractivity (Wildman–Crippen MR) is 106 cm³/mol. The highest BCUT2D eigenvalue weighted by Crippen LogP contribution is 2.27. The second-order valence-corrected chi connectivity index (χ2v) is 7.39. The van der Waals surface area contributed by atoms with Crippen molar-refractivity contribution in [2.24, 2.45) is 0 Å². The molecule has 0 spiro atoms. The van der Waals surface area contributed by atoms with Crippen molar-refractivity contribution in [1.29, 1.82) is 0 Å². The highest BCUT2D eigenvalue weighted by molar-refractivity contribution is 6.19. The van der Waals surface area contributed by atoms with Crippen molar-refractivity contribution in [2.75, 3.05) is 20.3 Å². The predicted octanol–water partition coefficient (Wildman–Crippen LogP) is 4.00. The second kappa shape index (κ2) is 9.33. The third-order valence-electron chi connectivity index (χ3n) is 4.68. The number of carbonyl (C=O) groups is 2. The van der Waals surface area contributed by atoms with E-state index < -0.39 is 35.8 Å². The first-order chi connectivity index (χ1) is 13.9. The Bertz CT molecular complexity index is 882. The fourth-order valence-corrected chi connectivity index (χ4v) is 3.12. The van der Waals surface area contributed by atoms with Gasteiger partial charge in [-0.2, -0.15) is 0 Å². The molecule has 156 valence electrons. The Hall–Kier alpha value is -2.51. The molecule has 1 heterocycles. The number of alkyl halides is 1. The smallest absolute Gasteiger partial charge is 0.497 e. The van der Waals surface area contributed by atoms with E-state index in [9.17, 15) is 9.59 Å². The molecule has 1 saturated heterocycles. The molecule has 0 bridgehead atoms. The van der Waals surface area contributed by atoms with Gasteiger partial charge in [-0.3, -0.25) is 4.79 Å². The molecule has 0 amide bonds. The molecule has 0 aromatic heterocycles. The molecule has 29 heavy (non-hydrogen) atoms. The van der Waals surface area contributed by atoms with E-state index in [2.05, 4.69) is 0 Å². The Morgan fingerprint density at radius 1 is 1.03 bits per heavy atom. The molecule has 0 aliphatic carbocycles. The van der Waals surface area contributed by atoms with Crippen LogP contribution in [0.5, 0.6) is 5.75 Å². The molecule has 3 rings (SSSR count). The molecular weight excluding hydrogens is 400 g/mol. The first-order valence-corrected chi connectivity index (χ1v) is 9.68. The third kappa shape index (κ3) is 5.31. The summed E-state index contributed by atoms with van der Waals surface area (Å²) in [6.07, 6.45) is -2.37. The number of methoxy groups -OCH3 is 1. The van der Waals surface area contributed by atoms with Crippen LogP contribution in [0.25, 0.3) is 10.8 Å². The minimum absolute atomic E-state index is 0.121. The van der Waals surface area contributed by atoms with E-state index in [0.29, 0.717) is 0 Å². The lowest BCUT2D eigenvalue weighted by Crippen LogP contribution is -2.35. The summed E-state index contributed by atoms with van der Waals surface area (Å²) in [4.78, 5) is 24.3. The Kier molecular flexibility index (Phi) is 6.82. The number of benzene rings is 2. The summed E-state index contributed by atoms with van der Waals surface area (Å²) in [5.41, 5.74) is -0.00172. The normalized spacial score (nSPS) is 20.7. The molecule has 2 aromatic carbocycles. The van der Waals surface area contributed by atoms with Gasteiger partial charge in [0.25, 0.3) is 0 Å². The fourth-order valence-electron chi connectivity index (χ4n) is 3.04. The van der Waals surface area contributed by atoms with Crippen LogP contribution in [0.4, 0.5) is 4.79 Å². The van der Waals surface area contributed by atoms with E-state index in [-0.39, 0.29) is 13.2 Å². The molecular formula is C21H23ClO7. The first-order valence-electron chi connectivity index (χ1n) is 9.24. The molecule has 4 atom stereocenters. The van der Waals surface area contributed by atoms with Crippen LogP contribution in [-0.2, 0) is 23.7 Å². The average Bonchev–Trinajstić information content (AvgIpc) is 3.12. The molecule has 1 aliphatic rings. The lowest BCUT2D eigenvalue weighted by atomic mass is 9.97. The summed E-state index contributed by atoms with van der Waals surface area (Å²) in [5.74, 6) is -0.161. The molecule has 4 unspecified atom stereocenters. The number of carbonyl (C=O) groups excluding carboxylic acids is 2. The summed E-state index contributed by atoms with van der Waals surface area (Å²) in [5, 5.41) is 2.00. The van der Waals surface area contributed by atoms with E-state index in [1.54, 1.807) is 14.0 Å². The number of fused-ring (bicyclic) bond motifs is 1. The summed E-state index contributed by atoms with van der Waals surface area (Å²) >= 11 is 5.60. The average molecular weight is 423 g/mol. The van der Waals surface area contributed by atoms with Crippen molar-refractivity contribution in [3.05, 3.63) is 42.0 Å². The van der Waals surface area contributed by atoms with Crippen molar-refractivity contribution in [2.45, 2.75) is 37.5 Å². The summed E-state index contributed by atoms with van der Waals surface area (Å²) < 4.78 is 25.9. The SMILES string of the molecule is COc1ccc2cc(C(C)C(=O)OC3COCC3OC(=O)OC(C)Cl)ccc2c1. The Morgan fingerprint density at radius 3 is 2.38 bits per heavy atom. The van der Waals surface area contributed by atoms with Gasteiger partial charge in [0, 0.05) is 0 Å². The van der Waals surface area contributed by atoms with Crippen LogP contribution in [-0.4, -0.2) is 50.2 Å². The molecule has 0 N–H and O–H groups in total. The van der Waals surface area contributed by atoms with E-state index in [0.717, 1.165) is 22.1 Å². The van der Waals surface area contributed by atoms with Gasteiger partial charge in [0.05, 0.1) is 26.2 Å². The van der Waals surface area contributed by atoms with Crippen molar-refractivity contribution in [3.63, 3.8) is 0 Å². The number of esters is 1. The first kappa shape index (κ1) is 21.2. The van der Waals surface area contributed by atoms with Gasteiger partial charge >= 0.3 is 12.1 Å². The minimum Gasteiger partial charge on any atom is -0.497 e. The largest absolute Gasteiger partial charge is 0.510 e. The van der Waals surface area contributed by atoms with Gasteiger partial charge in [0.2, 0.25) is 0 Å². The quantitative estimate of drug-likeness (QED) is 0.514. The summed E-state index contributed by atoms with van der Waals surface area (Å²) in [7, 11) is 1.62. The molecule has 7 nitrogen and oxygen atoms in total. The van der Waals surface area contributed by atoms with Gasteiger partial charge in [-0.1, -0.05) is 35.9 Å². The van der Waals surface area contributed by atoms with Crippen molar-refractivity contribution < 1.29 is 33.3 Å². The molecule has 1 fully saturated rings. The lowest BCUT2D eigenvalue weighted by molar-refractivity contribution is -0.154. The van der Waals surface area contributed by atoms with Crippen LogP contribution < -0.4 is 4.74 Å². The molecule has 8 heteroatoms. The fraction of sp³-hybridized carbons (Fsp3) is 0.429. The number of hydrogen-bond donors (Lipinski definition) is 0. The summed E-state index contributed by atoms with van der Waals surface area (Å²) in [6, 6.07) is 11.5. The van der Waals surface area contributed by atoms with Crippen LogP contribution >= 0.6 is 11.6 Å². The number of halogens is 1. The second-order valence-electron chi connectivity index (χ2n) is 6.77. The minimum atomic E-state index is -0.929. The third-order valence-corrected chi connectivity index (χ3v) is 4.77. The number of hydrogen-bond acceptors (Lipinski definition) is 7. The Morgan fingerprint density at radius 2 is 1.69 bits per heavy atom. The van der Waals surface area contributed by atoms with Gasteiger partial charge in [0.15, 0.2) is 17.8 Å². The van der Waals surface area contributed by atoms with E-state index >= 15 is 0 Å². The zero-order valence-corrected chi connectivity index (χ0v) is 17.2. The van der Waals surface area contributed by atoms with E-state index in [1.807, 2.05) is 36.4 Å². The van der Waals surface area contributed by atoms with Gasteiger partial charge in [-0.05, 0) is 42.3 Å². The van der Waals surface area contributed by atoms with Crippen LogP contribution in [0.15, 0.2) is 36.4 Å². The van der Waals surface area contributed by atoms with E-state index in [1.165, 1.54) is 6.92 Å². The van der Waals surface area contributed by atoms with Gasteiger partial charge in [-0.15, -0.1) is 0 Å². The molecule has 0 saturated carbocycles. The van der Waals surface area contributed by atoms with Crippen LogP contribution in [0, 0.1) is 0 Å². The molecule has 2 aromatic rings. The van der Waals surface area contributed by atoms with Gasteiger partial charge in [-0.25, -0.2) is 4.79 Å². The van der Waals surface area contributed by atoms with Crippen molar-refractivity contribution >= 4 is 34.5 Å². The van der Waals surface area contributed by atoms with Gasteiger partial charge < -0.3 is 23.7 Å². The monoisotopic (exact) mass is 422 g/mol. The van der Waals surface area contributed by atoms with Crippen LogP contribution in [0.2, 0.25) is 0 Å². The number of rotatable bonds is 6. The van der Waals surface area contributed by atoms with Crippen molar-refractivity contribution in [1.82, 2.24) is 0 Å².